The van der Waals surface area contributed by atoms with Crippen LogP contribution in [-0.4, -0.2) is 98.6 Å². The zero-order valence-corrected chi connectivity index (χ0v) is 37.7. The highest BCUT2D eigenvalue weighted by atomic mass is 32.1. The number of likely N-dealkylation sites (tertiary alicyclic amines) is 1. The van der Waals surface area contributed by atoms with Crippen molar-refractivity contribution in [3.63, 3.8) is 0 Å². The Bertz CT molecular complexity index is 2180. The van der Waals surface area contributed by atoms with Gasteiger partial charge in [-0.2, -0.15) is 0 Å². The Balaban J connectivity index is 0.878. The Labute approximate surface area is 372 Å². The van der Waals surface area contributed by atoms with Crippen molar-refractivity contribution in [2.45, 2.75) is 142 Å². The van der Waals surface area contributed by atoms with E-state index in [1.54, 1.807) is 29.5 Å². The molecule has 6 rings (SSSR count). The Kier molecular flexibility index (Phi) is 15.5. The molecule has 16 heteroatoms. The van der Waals surface area contributed by atoms with E-state index in [1.807, 2.05) is 64.4 Å². The van der Waals surface area contributed by atoms with Crippen LogP contribution < -0.4 is 20.7 Å². The lowest BCUT2D eigenvalue weighted by atomic mass is 9.85. The van der Waals surface area contributed by atoms with Gasteiger partial charge in [-0.1, -0.05) is 89.6 Å². The van der Waals surface area contributed by atoms with E-state index < -0.39 is 53.3 Å². The number of nitrogens with one attached hydrogen (secondary N) is 3. The van der Waals surface area contributed by atoms with Gasteiger partial charge >= 0.3 is 0 Å². The first kappa shape index (κ1) is 47.0. The minimum absolute atomic E-state index is 0.00862. The molecule has 3 aliphatic heterocycles. The van der Waals surface area contributed by atoms with Gasteiger partial charge in [0.15, 0.2) is 0 Å². The predicted octanol–water partition coefficient (Wildman–Crippen LogP) is 5.78. The minimum Gasteiger partial charge on any atom is -0.493 e. The van der Waals surface area contributed by atoms with Gasteiger partial charge in [-0.3, -0.25) is 43.8 Å². The van der Waals surface area contributed by atoms with Crippen molar-refractivity contribution in [1.29, 1.82) is 0 Å². The second kappa shape index (κ2) is 20.8. The van der Waals surface area contributed by atoms with Crippen LogP contribution in [-0.2, 0) is 24.0 Å². The van der Waals surface area contributed by atoms with Crippen LogP contribution in [0.15, 0.2) is 48.0 Å². The first-order chi connectivity index (χ1) is 30.0. The Morgan fingerprint density at radius 2 is 1.62 bits per heavy atom. The second-order valence-corrected chi connectivity index (χ2v) is 18.8. The Morgan fingerprint density at radius 3 is 2.27 bits per heavy atom. The lowest BCUT2D eigenvalue weighted by Gasteiger charge is -2.35. The van der Waals surface area contributed by atoms with Crippen molar-refractivity contribution in [3.05, 3.63) is 70.4 Å². The van der Waals surface area contributed by atoms with Crippen LogP contribution in [0.25, 0.3) is 10.4 Å². The normalized spacial score (nSPS) is 19.7. The van der Waals surface area contributed by atoms with E-state index in [1.165, 1.54) is 4.90 Å². The lowest BCUT2D eigenvalue weighted by Crippen LogP contribution is -2.57. The number of hydrogen-bond donors (Lipinski definition) is 4. The molecule has 1 unspecified atom stereocenters. The summed E-state index contributed by atoms with van der Waals surface area (Å²) in [6.07, 6.45) is 6.81. The first-order valence-corrected chi connectivity index (χ1v) is 23.0. The molecule has 0 radical (unpaired) electrons. The van der Waals surface area contributed by atoms with Gasteiger partial charge in [-0.15, -0.1) is 11.3 Å². The van der Waals surface area contributed by atoms with E-state index in [9.17, 15) is 38.7 Å². The Morgan fingerprint density at radius 1 is 0.937 bits per heavy atom. The molecule has 7 amide bonds. The summed E-state index contributed by atoms with van der Waals surface area (Å²) in [6.45, 7) is 9.84. The number of ether oxygens (including phenoxy) is 1. The largest absolute Gasteiger partial charge is 0.493 e. The van der Waals surface area contributed by atoms with Crippen LogP contribution in [0.2, 0.25) is 0 Å². The molecule has 0 aliphatic carbocycles. The van der Waals surface area contributed by atoms with E-state index in [0.29, 0.717) is 18.8 Å². The summed E-state index contributed by atoms with van der Waals surface area (Å²) in [5.74, 6) is -2.91. The van der Waals surface area contributed by atoms with Gasteiger partial charge in [0.2, 0.25) is 29.5 Å². The van der Waals surface area contributed by atoms with Gasteiger partial charge < -0.3 is 25.4 Å². The molecule has 4 heterocycles. The maximum absolute atomic E-state index is 14.1. The summed E-state index contributed by atoms with van der Waals surface area (Å²) in [5, 5.41) is 18.8. The number of unbranched alkanes of at least 4 members (excludes halogenated alkanes) is 7. The standard InChI is InChI=1S/C47H60N6O9S/c1-28(30-18-20-31(21-19-30)40-29(2)48-27-63-40)49-43(58)35-25-32(54)26-52(35)46(61)41(47(3,4)5)50-37(55)17-12-10-8-6-7-9-11-13-24-62-36-16-14-15-33-39(36)45(60)53(44(33)59)34-22-23-38(56)51-42(34)57/h14-16,18-21,27-28,32,34-35,41,54H,6-13,17,22-26H2,1-5H3,(H,49,58)(H,50,55)(H,51,56,57)/t28-,32+,34?,35-,41+/m0/s1. The molecule has 338 valence electrons. The third-order valence-corrected chi connectivity index (χ3v) is 13.0. The number of β-amino-alcohol motifs (C(OH)–C–C–N with tert-alkyl or cyclic N) is 1. The van der Waals surface area contributed by atoms with Gasteiger partial charge in [0.05, 0.1) is 46.0 Å². The SMILES string of the molecule is Cc1ncsc1-c1ccc([C@H](C)NC(=O)[C@@H]2C[C@@H](O)CN2C(=O)[C@@H](NC(=O)CCCCCCCCCCOc2cccc3c2C(=O)N(C2CCC(=O)NC2=O)C3=O)C(C)(C)C)cc1. The molecule has 4 N–H and O–H groups in total. The van der Waals surface area contributed by atoms with E-state index in [2.05, 4.69) is 20.9 Å². The van der Waals surface area contributed by atoms with Crippen molar-refractivity contribution in [2.75, 3.05) is 13.2 Å². The fraction of sp³-hybridized carbons (Fsp3) is 0.532. The Hall–Kier alpha value is -5.48. The number of thiazole rings is 1. The lowest BCUT2D eigenvalue weighted by molar-refractivity contribution is -0.144. The number of piperidine rings is 1. The first-order valence-electron chi connectivity index (χ1n) is 22.1. The molecular weight excluding hydrogens is 825 g/mol. The number of imide groups is 2. The second-order valence-electron chi connectivity index (χ2n) is 17.9. The number of aryl methyl sites for hydroxylation is 1. The van der Waals surface area contributed by atoms with E-state index >= 15 is 0 Å². The highest BCUT2D eigenvalue weighted by Gasteiger charge is 2.47. The van der Waals surface area contributed by atoms with Crippen LogP contribution in [0.4, 0.5) is 0 Å². The molecule has 0 saturated carbocycles. The number of aliphatic hydroxyl groups excluding tert-OH is 1. The van der Waals surface area contributed by atoms with Gasteiger partial charge in [0.1, 0.15) is 23.9 Å². The molecule has 3 aromatic rings. The summed E-state index contributed by atoms with van der Waals surface area (Å²) in [4.78, 5) is 98.9. The molecule has 0 bridgehead atoms. The van der Waals surface area contributed by atoms with Crippen LogP contribution in [0.3, 0.4) is 0 Å². The maximum atomic E-state index is 14.1. The minimum atomic E-state index is -1.03. The molecule has 2 aromatic carbocycles. The summed E-state index contributed by atoms with van der Waals surface area (Å²) >= 11 is 1.57. The number of aromatic nitrogens is 1. The quantitative estimate of drug-likeness (QED) is 0.0844. The zero-order valence-electron chi connectivity index (χ0n) is 36.9. The molecule has 2 saturated heterocycles. The number of rotatable bonds is 19. The van der Waals surface area contributed by atoms with Crippen molar-refractivity contribution in [3.8, 4) is 16.2 Å². The van der Waals surface area contributed by atoms with Crippen molar-refractivity contribution in [1.82, 2.24) is 30.7 Å². The van der Waals surface area contributed by atoms with E-state index in [0.717, 1.165) is 71.5 Å². The number of carbonyl (C=O) groups is 7. The summed E-state index contributed by atoms with van der Waals surface area (Å²) in [5.41, 5.74) is 4.43. The number of aliphatic hydroxyl groups is 1. The van der Waals surface area contributed by atoms with Crippen LogP contribution in [0.5, 0.6) is 5.75 Å². The molecule has 63 heavy (non-hydrogen) atoms. The van der Waals surface area contributed by atoms with Gasteiger partial charge in [0.25, 0.3) is 11.8 Å². The third-order valence-electron chi connectivity index (χ3n) is 12.0. The number of nitrogens with zero attached hydrogens (tertiary/aromatic N) is 3. The molecule has 5 atom stereocenters. The number of fused-ring (bicyclic) bond motifs is 1. The van der Waals surface area contributed by atoms with Crippen molar-refractivity contribution >= 4 is 52.7 Å². The molecule has 0 spiro atoms. The predicted molar refractivity (Wildman–Crippen MR) is 237 cm³/mol. The van der Waals surface area contributed by atoms with Crippen LogP contribution >= 0.6 is 11.3 Å². The van der Waals surface area contributed by atoms with Crippen LogP contribution in [0, 0.1) is 12.3 Å². The number of amides is 7. The van der Waals surface area contributed by atoms with Crippen LogP contribution in [0.1, 0.15) is 143 Å². The van der Waals surface area contributed by atoms with Gasteiger partial charge in [0, 0.05) is 25.8 Å². The fourth-order valence-electron chi connectivity index (χ4n) is 8.48. The third kappa shape index (κ3) is 11.4. The zero-order chi connectivity index (χ0) is 45.4. The van der Waals surface area contributed by atoms with E-state index in [-0.39, 0.29) is 67.1 Å². The molecule has 1 aromatic heterocycles. The monoisotopic (exact) mass is 884 g/mol. The molecule has 15 nitrogen and oxygen atoms in total. The molecule has 3 aliphatic rings. The summed E-state index contributed by atoms with van der Waals surface area (Å²) in [6, 6.07) is 9.65. The highest BCUT2D eigenvalue weighted by molar-refractivity contribution is 7.13. The average molecular weight is 885 g/mol. The number of hydrogen-bond acceptors (Lipinski definition) is 11. The average Bonchev–Trinajstić information content (AvgIpc) is 3.93. The number of benzene rings is 2. The van der Waals surface area contributed by atoms with Gasteiger partial charge in [-0.05, 0) is 61.8 Å². The summed E-state index contributed by atoms with van der Waals surface area (Å²) < 4.78 is 5.94. The van der Waals surface area contributed by atoms with Crippen molar-refractivity contribution < 1.29 is 43.4 Å². The van der Waals surface area contributed by atoms with E-state index in [4.69, 9.17) is 4.74 Å². The topological polar surface area (TPSA) is 204 Å². The summed E-state index contributed by atoms with van der Waals surface area (Å²) in [7, 11) is 0. The fourth-order valence-corrected chi connectivity index (χ4v) is 9.29. The highest BCUT2D eigenvalue weighted by Crippen LogP contribution is 2.34. The van der Waals surface area contributed by atoms with Gasteiger partial charge in [-0.25, -0.2) is 4.98 Å². The molecule has 2 fully saturated rings. The molecular formula is C47H60N6O9S. The smallest absolute Gasteiger partial charge is 0.266 e. The number of carbonyl (C=O) groups excluding carboxylic acids is 7. The maximum Gasteiger partial charge on any atom is 0.266 e. The van der Waals surface area contributed by atoms with Crippen molar-refractivity contribution in [2.24, 2.45) is 5.41 Å².